The van der Waals surface area contributed by atoms with Crippen molar-refractivity contribution in [3.05, 3.63) is 65.7 Å². The number of hydrogen-bond donors (Lipinski definition) is 0. The molecule has 1 unspecified atom stereocenters. The Morgan fingerprint density at radius 3 is 2.57 bits per heavy atom. The summed E-state index contributed by atoms with van der Waals surface area (Å²) in [6.45, 7) is 2.70. The molecule has 0 spiro atoms. The molecule has 0 radical (unpaired) electrons. The number of nitrogens with zero attached hydrogens (tertiary/aromatic N) is 1. The van der Waals surface area contributed by atoms with Crippen molar-refractivity contribution in [3.8, 4) is 0 Å². The lowest BCUT2D eigenvalue weighted by Gasteiger charge is -2.39. The molecule has 0 saturated carbocycles. The monoisotopic (exact) mass is 279 g/mol. The summed E-state index contributed by atoms with van der Waals surface area (Å²) >= 11 is 0. The first kappa shape index (κ1) is 13.9. The van der Waals surface area contributed by atoms with E-state index < -0.39 is 0 Å². The molecular formula is C19H21NO. The quantitative estimate of drug-likeness (QED) is 0.837. The molecule has 3 rings (SSSR count). The van der Waals surface area contributed by atoms with Crippen molar-refractivity contribution in [1.82, 2.24) is 0 Å². The summed E-state index contributed by atoms with van der Waals surface area (Å²) < 4.78 is 0. The van der Waals surface area contributed by atoms with E-state index in [1.54, 1.807) is 6.92 Å². The second-order valence-corrected chi connectivity index (χ2v) is 5.73. The molecule has 1 aliphatic rings. The number of benzene rings is 2. The van der Waals surface area contributed by atoms with Gasteiger partial charge < -0.3 is 9.69 Å². The fraction of sp³-hybridized carbons (Fsp3) is 0.316. The Bertz CT molecular complexity index is 620. The number of hydrogen-bond acceptors (Lipinski definition) is 2. The molecule has 0 aromatic heterocycles. The molecule has 2 nitrogen and oxygen atoms in total. The molecule has 0 saturated heterocycles. The second kappa shape index (κ2) is 6.13. The normalized spacial score (nSPS) is 17.4. The Balaban J connectivity index is 1.94. The zero-order valence-corrected chi connectivity index (χ0v) is 12.5. The van der Waals surface area contributed by atoms with Crippen LogP contribution in [-0.4, -0.2) is 12.3 Å². The van der Waals surface area contributed by atoms with Crippen LogP contribution < -0.4 is 4.90 Å². The molecule has 1 aliphatic heterocycles. The number of carbonyl (C=O) groups excluding carboxylic acids is 1. The van der Waals surface area contributed by atoms with Crippen LogP contribution in [0.15, 0.2) is 54.6 Å². The summed E-state index contributed by atoms with van der Waals surface area (Å²) in [5.74, 6) is 0.270. The van der Waals surface area contributed by atoms with Crippen molar-refractivity contribution in [2.24, 2.45) is 0 Å². The van der Waals surface area contributed by atoms with Crippen LogP contribution in [0.3, 0.4) is 0 Å². The minimum atomic E-state index is 0.270. The summed E-state index contributed by atoms with van der Waals surface area (Å²) in [5.41, 5.74) is 4.06. The molecule has 2 aromatic rings. The van der Waals surface area contributed by atoms with Gasteiger partial charge in [-0.05, 0) is 43.0 Å². The average molecular weight is 279 g/mol. The van der Waals surface area contributed by atoms with Gasteiger partial charge in [-0.15, -0.1) is 0 Å². The molecule has 2 heteroatoms. The third kappa shape index (κ3) is 2.99. The highest BCUT2D eigenvalue weighted by Crippen LogP contribution is 2.36. The van der Waals surface area contributed by atoms with E-state index in [0.29, 0.717) is 12.5 Å². The van der Waals surface area contributed by atoms with Gasteiger partial charge >= 0.3 is 0 Å². The van der Waals surface area contributed by atoms with Crippen LogP contribution in [0.5, 0.6) is 0 Å². The number of para-hydroxylation sites is 1. The molecule has 21 heavy (non-hydrogen) atoms. The van der Waals surface area contributed by atoms with Crippen LogP contribution in [0.25, 0.3) is 0 Å². The first-order valence-electron chi connectivity index (χ1n) is 7.64. The molecule has 0 N–H and O–H groups in total. The van der Waals surface area contributed by atoms with Crippen LogP contribution in [0.4, 0.5) is 5.69 Å². The van der Waals surface area contributed by atoms with Crippen LogP contribution in [0, 0.1) is 0 Å². The maximum Gasteiger partial charge on any atom is 0.129 e. The predicted octanol–water partition coefficient (Wildman–Crippen LogP) is 4.16. The average Bonchev–Trinajstić information content (AvgIpc) is 2.53. The highest BCUT2D eigenvalue weighted by Gasteiger charge is 2.27. The molecule has 0 fully saturated rings. The van der Waals surface area contributed by atoms with Gasteiger partial charge in [0.25, 0.3) is 0 Å². The van der Waals surface area contributed by atoms with Gasteiger partial charge in [0, 0.05) is 18.7 Å². The smallest absolute Gasteiger partial charge is 0.129 e. The summed E-state index contributed by atoms with van der Waals surface area (Å²) in [7, 11) is 0. The van der Waals surface area contributed by atoms with Gasteiger partial charge in [0.1, 0.15) is 5.78 Å². The van der Waals surface area contributed by atoms with Gasteiger partial charge in [0.05, 0.1) is 6.04 Å². The van der Waals surface area contributed by atoms with E-state index in [2.05, 4.69) is 53.4 Å². The Labute approximate surface area is 126 Å². The number of carbonyl (C=O) groups is 1. The summed E-state index contributed by atoms with van der Waals surface area (Å²) in [4.78, 5) is 13.9. The van der Waals surface area contributed by atoms with Crippen molar-refractivity contribution in [2.75, 3.05) is 11.4 Å². The topological polar surface area (TPSA) is 20.3 Å². The molecular weight excluding hydrogens is 258 g/mol. The van der Waals surface area contributed by atoms with Crippen LogP contribution in [0.1, 0.15) is 36.9 Å². The maximum absolute atomic E-state index is 11.4. The second-order valence-electron chi connectivity index (χ2n) is 5.73. The first-order valence-corrected chi connectivity index (χ1v) is 7.64. The number of Topliss-reactive ketones (excluding diaryl/α,β-unsaturated/α-hetero) is 1. The van der Waals surface area contributed by atoms with E-state index in [4.69, 9.17) is 0 Å². The third-order valence-corrected chi connectivity index (χ3v) is 4.27. The lowest BCUT2D eigenvalue weighted by atomic mass is 9.89. The van der Waals surface area contributed by atoms with Gasteiger partial charge in [0.15, 0.2) is 0 Å². The Morgan fingerprint density at radius 2 is 1.81 bits per heavy atom. The summed E-state index contributed by atoms with van der Waals surface area (Å²) in [6.07, 6.45) is 2.60. The fourth-order valence-corrected chi connectivity index (χ4v) is 3.23. The number of anilines is 1. The number of fused-ring (bicyclic) bond motifs is 1. The minimum Gasteiger partial charge on any atom is -0.364 e. The van der Waals surface area contributed by atoms with Crippen molar-refractivity contribution >= 4 is 11.5 Å². The molecule has 0 amide bonds. The summed E-state index contributed by atoms with van der Waals surface area (Å²) in [6, 6.07) is 19.5. The van der Waals surface area contributed by atoms with Crippen molar-refractivity contribution in [3.63, 3.8) is 0 Å². The van der Waals surface area contributed by atoms with Crippen LogP contribution >= 0.6 is 0 Å². The van der Waals surface area contributed by atoms with E-state index in [1.165, 1.54) is 16.8 Å². The lowest BCUT2D eigenvalue weighted by molar-refractivity contribution is -0.117. The van der Waals surface area contributed by atoms with Gasteiger partial charge in [-0.2, -0.15) is 0 Å². The Hall–Kier alpha value is -2.09. The van der Waals surface area contributed by atoms with Crippen LogP contribution in [0.2, 0.25) is 0 Å². The lowest BCUT2D eigenvalue weighted by Crippen LogP contribution is -2.35. The zero-order valence-electron chi connectivity index (χ0n) is 12.5. The largest absolute Gasteiger partial charge is 0.364 e. The predicted molar refractivity (Wildman–Crippen MR) is 86.6 cm³/mol. The Morgan fingerprint density at radius 1 is 1.10 bits per heavy atom. The van der Waals surface area contributed by atoms with E-state index in [0.717, 1.165) is 19.4 Å². The van der Waals surface area contributed by atoms with E-state index in [-0.39, 0.29) is 5.78 Å². The first-order chi connectivity index (χ1) is 10.3. The van der Waals surface area contributed by atoms with E-state index in [9.17, 15) is 4.79 Å². The fourth-order valence-electron chi connectivity index (χ4n) is 3.23. The van der Waals surface area contributed by atoms with E-state index >= 15 is 0 Å². The molecule has 2 aromatic carbocycles. The Kier molecular flexibility index (Phi) is 4.05. The minimum absolute atomic E-state index is 0.270. The van der Waals surface area contributed by atoms with Crippen molar-refractivity contribution in [2.45, 2.75) is 32.2 Å². The van der Waals surface area contributed by atoms with Crippen molar-refractivity contribution < 1.29 is 4.79 Å². The standard InChI is InChI=1S/C19H21NO/c1-15(21)11-12-19-18-10-6-5-7-16(18)13-14-20(19)17-8-3-2-4-9-17/h2-10,19H,11-14H2,1H3. The molecule has 0 aliphatic carbocycles. The van der Waals surface area contributed by atoms with Crippen LogP contribution in [-0.2, 0) is 11.2 Å². The number of ketones is 1. The van der Waals surface area contributed by atoms with Gasteiger partial charge in [0.2, 0.25) is 0 Å². The van der Waals surface area contributed by atoms with Gasteiger partial charge in [-0.25, -0.2) is 0 Å². The highest BCUT2D eigenvalue weighted by atomic mass is 16.1. The molecule has 0 bridgehead atoms. The molecule has 108 valence electrons. The van der Waals surface area contributed by atoms with E-state index in [1.807, 2.05) is 6.07 Å². The maximum atomic E-state index is 11.4. The number of rotatable bonds is 4. The SMILES string of the molecule is CC(=O)CCC1c2ccccc2CCN1c1ccccc1. The van der Waals surface area contributed by atoms with Crippen molar-refractivity contribution in [1.29, 1.82) is 0 Å². The highest BCUT2D eigenvalue weighted by molar-refractivity contribution is 5.75. The zero-order chi connectivity index (χ0) is 14.7. The molecule has 1 heterocycles. The van der Waals surface area contributed by atoms with Gasteiger partial charge in [-0.3, -0.25) is 0 Å². The van der Waals surface area contributed by atoms with Gasteiger partial charge in [-0.1, -0.05) is 42.5 Å². The molecule has 1 atom stereocenters. The summed E-state index contributed by atoms with van der Waals surface area (Å²) in [5, 5.41) is 0. The third-order valence-electron chi connectivity index (χ3n) is 4.27.